The molecule has 0 fully saturated rings. The van der Waals surface area contributed by atoms with Crippen molar-refractivity contribution in [3.05, 3.63) is 35.4 Å². The van der Waals surface area contributed by atoms with E-state index in [2.05, 4.69) is 27.5 Å². The van der Waals surface area contributed by atoms with Crippen molar-refractivity contribution in [2.24, 2.45) is 4.99 Å². The maximum Gasteiger partial charge on any atom is 0.416 e. The Balaban J connectivity index is 0.00000484. The van der Waals surface area contributed by atoms with E-state index in [9.17, 15) is 13.2 Å². The Morgan fingerprint density at radius 3 is 2.39 bits per heavy atom. The minimum Gasteiger partial charge on any atom is -0.352 e. The number of nitrogens with zero attached hydrogens (tertiary/aromatic N) is 1. The molecule has 0 saturated carbocycles. The van der Waals surface area contributed by atoms with Crippen LogP contribution >= 0.6 is 24.0 Å². The second-order valence-electron chi connectivity index (χ2n) is 5.68. The molecule has 0 aromatic heterocycles. The fraction of sp³-hybridized carbons (Fsp3) is 0.438. The number of guanidine groups is 1. The summed E-state index contributed by atoms with van der Waals surface area (Å²) in [6.45, 7) is 6.27. The van der Waals surface area contributed by atoms with Gasteiger partial charge in [-0.1, -0.05) is 17.9 Å². The number of alkyl halides is 3. The largest absolute Gasteiger partial charge is 0.416 e. The number of benzene rings is 1. The molecule has 1 aromatic rings. The fourth-order valence-corrected chi connectivity index (χ4v) is 1.58. The summed E-state index contributed by atoms with van der Waals surface area (Å²) < 4.78 is 37.7. The summed E-state index contributed by atoms with van der Waals surface area (Å²) >= 11 is 0. The number of rotatable bonds is 1. The monoisotopic (exact) mass is 439 g/mol. The molecule has 1 aromatic carbocycles. The van der Waals surface area contributed by atoms with E-state index in [-0.39, 0.29) is 36.1 Å². The molecule has 2 N–H and O–H groups in total. The van der Waals surface area contributed by atoms with Crippen molar-refractivity contribution in [1.82, 2.24) is 10.6 Å². The van der Waals surface area contributed by atoms with Gasteiger partial charge in [-0.05, 0) is 39.0 Å². The van der Waals surface area contributed by atoms with Gasteiger partial charge in [0.15, 0.2) is 5.96 Å². The highest BCUT2D eigenvalue weighted by Crippen LogP contribution is 2.29. The second kappa shape index (κ2) is 9.01. The van der Waals surface area contributed by atoms with Crippen molar-refractivity contribution < 1.29 is 13.2 Å². The first-order chi connectivity index (χ1) is 10.1. The summed E-state index contributed by atoms with van der Waals surface area (Å²) in [5.41, 5.74) is -0.510. The molecule has 0 amide bonds. The molecule has 3 nitrogen and oxygen atoms in total. The maximum absolute atomic E-state index is 12.6. The highest BCUT2D eigenvalue weighted by molar-refractivity contribution is 14.0. The van der Waals surface area contributed by atoms with Gasteiger partial charge in [0.25, 0.3) is 0 Å². The third kappa shape index (κ3) is 8.69. The van der Waals surface area contributed by atoms with E-state index in [1.807, 2.05) is 20.8 Å². The van der Waals surface area contributed by atoms with Gasteiger partial charge in [-0.3, -0.25) is 4.99 Å². The third-order valence-electron chi connectivity index (χ3n) is 2.48. The Bertz CT molecular complexity index is 593. The molecule has 0 heterocycles. The summed E-state index contributed by atoms with van der Waals surface area (Å²) in [5.74, 6) is 6.07. The Kier molecular flexibility index (Phi) is 8.45. The van der Waals surface area contributed by atoms with Crippen molar-refractivity contribution >= 4 is 29.9 Å². The molecule has 7 heteroatoms. The third-order valence-corrected chi connectivity index (χ3v) is 2.48. The minimum atomic E-state index is -4.35. The molecule has 0 radical (unpaired) electrons. The second-order valence-corrected chi connectivity index (χ2v) is 5.68. The van der Waals surface area contributed by atoms with Crippen LogP contribution < -0.4 is 10.6 Å². The molecule has 128 valence electrons. The zero-order valence-electron chi connectivity index (χ0n) is 13.5. The lowest BCUT2D eigenvalue weighted by Crippen LogP contribution is -2.47. The number of hydrogen-bond acceptors (Lipinski definition) is 1. The highest BCUT2D eigenvalue weighted by atomic mass is 127. The molecule has 0 aliphatic heterocycles. The molecule has 0 atom stereocenters. The van der Waals surface area contributed by atoms with Crippen LogP contribution in [0.25, 0.3) is 0 Å². The molecule has 0 aliphatic carbocycles. The standard InChI is InChI=1S/C16H20F3N3.HI/c1-15(2,3)22-14(20-4)21-10-6-8-12-7-5-9-13(11-12)16(17,18)19;/h5,7,9,11H,10H2,1-4H3,(H2,20,21,22);1H. The average molecular weight is 439 g/mol. The van der Waals surface area contributed by atoms with E-state index in [0.717, 1.165) is 12.1 Å². The minimum absolute atomic E-state index is 0. The van der Waals surface area contributed by atoms with Crippen molar-refractivity contribution in [3.63, 3.8) is 0 Å². The lowest BCUT2D eigenvalue weighted by Gasteiger charge is -2.23. The lowest BCUT2D eigenvalue weighted by atomic mass is 10.1. The van der Waals surface area contributed by atoms with Crippen LogP contribution in [0.3, 0.4) is 0 Å². The van der Waals surface area contributed by atoms with Crippen molar-refractivity contribution in [2.75, 3.05) is 13.6 Å². The predicted molar refractivity (Wildman–Crippen MR) is 98.0 cm³/mol. The zero-order valence-corrected chi connectivity index (χ0v) is 15.8. The van der Waals surface area contributed by atoms with Crippen LogP contribution in [0.4, 0.5) is 13.2 Å². The highest BCUT2D eigenvalue weighted by Gasteiger charge is 2.30. The van der Waals surface area contributed by atoms with Gasteiger partial charge in [0.1, 0.15) is 0 Å². The molecule has 0 spiro atoms. The number of aliphatic imine (C=N–C) groups is 1. The molecule has 0 unspecified atom stereocenters. The number of hydrogen-bond donors (Lipinski definition) is 2. The van der Waals surface area contributed by atoms with Crippen LogP contribution in [0.2, 0.25) is 0 Å². The van der Waals surface area contributed by atoms with Crippen LogP contribution in [-0.4, -0.2) is 25.1 Å². The number of halogens is 4. The van der Waals surface area contributed by atoms with Crippen LogP contribution in [-0.2, 0) is 6.18 Å². The maximum atomic E-state index is 12.6. The Hall–Kier alpha value is -1.43. The lowest BCUT2D eigenvalue weighted by molar-refractivity contribution is -0.137. The topological polar surface area (TPSA) is 36.4 Å². The predicted octanol–water partition coefficient (Wildman–Crippen LogP) is 3.64. The van der Waals surface area contributed by atoms with Gasteiger partial charge in [-0.2, -0.15) is 13.2 Å². The summed E-state index contributed by atoms with van der Waals surface area (Å²) in [5, 5.41) is 6.14. The van der Waals surface area contributed by atoms with Crippen LogP contribution in [0.1, 0.15) is 31.9 Å². The summed E-state index contributed by atoms with van der Waals surface area (Å²) in [7, 11) is 1.64. The quantitative estimate of drug-likeness (QED) is 0.304. The van der Waals surface area contributed by atoms with E-state index < -0.39 is 11.7 Å². The molecule has 0 aliphatic rings. The smallest absolute Gasteiger partial charge is 0.352 e. The van der Waals surface area contributed by atoms with Gasteiger partial charge in [-0.25, -0.2) is 0 Å². The van der Waals surface area contributed by atoms with Gasteiger partial charge < -0.3 is 10.6 Å². The van der Waals surface area contributed by atoms with Crippen molar-refractivity contribution in [1.29, 1.82) is 0 Å². The molecule has 23 heavy (non-hydrogen) atoms. The first-order valence-electron chi connectivity index (χ1n) is 6.77. The zero-order chi connectivity index (χ0) is 16.8. The average Bonchev–Trinajstić information content (AvgIpc) is 2.40. The van der Waals surface area contributed by atoms with E-state index in [0.29, 0.717) is 11.5 Å². The van der Waals surface area contributed by atoms with Crippen LogP contribution in [0.15, 0.2) is 29.3 Å². The molecule has 0 saturated heterocycles. The van der Waals surface area contributed by atoms with Gasteiger partial charge in [0.2, 0.25) is 0 Å². The van der Waals surface area contributed by atoms with Crippen LogP contribution in [0, 0.1) is 11.8 Å². The molecular weight excluding hydrogens is 418 g/mol. The van der Waals surface area contributed by atoms with Gasteiger partial charge in [0.05, 0.1) is 12.1 Å². The van der Waals surface area contributed by atoms with Gasteiger partial charge >= 0.3 is 6.18 Å². The summed E-state index contributed by atoms with van der Waals surface area (Å²) in [6, 6.07) is 4.96. The van der Waals surface area contributed by atoms with Gasteiger partial charge in [-0.15, -0.1) is 24.0 Å². The SMILES string of the molecule is CN=C(NCC#Cc1cccc(C(F)(F)F)c1)NC(C)(C)C.I. The molecule has 0 bridgehead atoms. The van der Waals surface area contributed by atoms with E-state index in [4.69, 9.17) is 0 Å². The Morgan fingerprint density at radius 1 is 1.22 bits per heavy atom. The van der Waals surface area contributed by atoms with E-state index in [1.165, 1.54) is 6.07 Å². The first kappa shape index (κ1) is 21.6. The normalized spacial score (nSPS) is 11.9. The number of nitrogens with one attached hydrogen (secondary N) is 2. The first-order valence-corrected chi connectivity index (χ1v) is 6.77. The fourth-order valence-electron chi connectivity index (χ4n) is 1.58. The van der Waals surface area contributed by atoms with E-state index >= 15 is 0 Å². The summed E-state index contributed by atoms with van der Waals surface area (Å²) in [4.78, 5) is 4.04. The molecular formula is C16H21F3IN3. The van der Waals surface area contributed by atoms with Crippen LogP contribution in [0.5, 0.6) is 0 Å². The van der Waals surface area contributed by atoms with Gasteiger partial charge in [0, 0.05) is 18.2 Å². The van der Waals surface area contributed by atoms with Crippen molar-refractivity contribution in [3.8, 4) is 11.8 Å². The Morgan fingerprint density at radius 2 is 1.87 bits per heavy atom. The summed E-state index contributed by atoms with van der Waals surface area (Å²) in [6.07, 6.45) is -4.35. The van der Waals surface area contributed by atoms with Crippen molar-refractivity contribution in [2.45, 2.75) is 32.5 Å². The van der Waals surface area contributed by atoms with E-state index in [1.54, 1.807) is 13.1 Å². The Labute approximate surface area is 152 Å². The molecule has 1 rings (SSSR count).